The lowest BCUT2D eigenvalue weighted by molar-refractivity contribution is 0.0748. The number of unbranched alkanes of at least 4 members (excludes halogenated alkanes) is 9. The zero-order chi connectivity index (χ0) is 14.5. The topological polar surface area (TPSA) is 20.2 Å². The molecule has 1 atom stereocenters. The Morgan fingerprint density at radius 2 is 1.25 bits per heavy atom. The highest BCUT2D eigenvalue weighted by molar-refractivity contribution is 4.73. The second kappa shape index (κ2) is 12.7. The Morgan fingerprint density at radius 1 is 0.750 bits per heavy atom. The fraction of sp³-hybridized carbons (Fsp3) is 1.00. The average molecular weight is 283 g/mol. The van der Waals surface area contributed by atoms with E-state index in [0.29, 0.717) is 5.92 Å². The normalized spacial score (nSPS) is 18.3. The molecular weight excluding hydrogens is 244 g/mol. The van der Waals surface area contributed by atoms with E-state index in [2.05, 4.69) is 6.92 Å². The molecule has 0 aromatic carbocycles. The van der Waals surface area contributed by atoms with E-state index in [1.807, 2.05) is 0 Å². The molecule has 0 bridgehead atoms. The second-order valence-electron chi connectivity index (χ2n) is 6.94. The molecule has 0 saturated heterocycles. The van der Waals surface area contributed by atoms with E-state index in [1.165, 1.54) is 96.3 Å². The number of hydrogen-bond acceptors (Lipinski definition) is 1. The summed E-state index contributed by atoms with van der Waals surface area (Å²) in [5, 5.41) is 10.2. The summed E-state index contributed by atoms with van der Waals surface area (Å²) in [5.74, 6) is 0.627. The van der Waals surface area contributed by atoms with Crippen LogP contribution in [0.5, 0.6) is 0 Å². The van der Waals surface area contributed by atoms with Crippen LogP contribution in [-0.4, -0.2) is 11.2 Å². The third-order valence-electron chi connectivity index (χ3n) is 5.05. The molecule has 1 unspecified atom stereocenters. The van der Waals surface area contributed by atoms with Crippen LogP contribution in [0.25, 0.3) is 0 Å². The molecule has 1 aliphatic rings. The second-order valence-corrected chi connectivity index (χ2v) is 6.94. The maximum Gasteiger partial charge on any atom is 0.0568 e. The Kier molecular flexibility index (Phi) is 11.4. The van der Waals surface area contributed by atoms with Gasteiger partial charge in [-0.2, -0.15) is 0 Å². The van der Waals surface area contributed by atoms with E-state index in [1.54, 1.807) is 0 Å². The van der Waals surface area contributed by atoms with Gasteiger partial charge in [-0.25, -0.2) is 0 Å². The minimum atomic E-state index is 0.00402. The Morgan fingerprint density at radius 3 is 1.80 bits per heavy atom. The molecule has 1 saturated carbocycles. The van der Waals surface area contributed by atoms with Gasteiger partial charge in [0, 0.05) is 0 Å². The summed E-state index contributed by atoms with van der Waals surface area (Å²) in [4.78, 5) is 0. The summed E-state index contributed by atoms with van der Waals surface area (Å²) in [7, 11) is 0. The van der Waals surface area contributed by atoms with Crippen molar-refractivity contribution in [2.24, 2.45) is 5.92 Å². The van der Waals surface area contributed by atoms with E-state index in [-0.39, 0.29) is 6.10 Å². The van der Waals surface area contributed by atoms with Gasteiger partial charge in [0.15, 0.2) is 0 Å². The molecule has 0 aromatic heterocycles. The van der Waals surface area contributed by atoms with Gasteiger partial charge in [0.1, 0.15) is 0 Å². The first-order chi connectivity index (χ1) is 9.84. The number of rotatable bonds is 12. The summed E-state index contributed by atoms with van der Waals surface area (Å²) in [6.07, 6.45) is 21.6. The molecule has 1 fully saturated rings. The van der Waals surface area contributed by atoms with E-state index in [0.717, 1.165) is 6.42 Å². The lowest BCUT2D eigenvalue weighted by Gasteiger charge is -2.26. The molecular formula is C19H38O. The van der Waals surface area contributed by atoms with Gasteiger partial charge in [-0.3, -0.25) is 0 Å². The summed E-state index contributed by atoms with van der Waals surface area (Å²) >= 11 is 0. The molecule has 0 aliphatic heterocycles. The van der Waals surface area contributed by atoms with E-state index >= 15 is 0 Å². The van der Waals surface area contributed by atoms with Crippen LogP contribution in [0.4, 0.5) is 0 Å². The third-order valence-corrected chi connectivity index (χ3v) is 5.05. The number of aliphatic hydroxyl groups excluding tert-OH is 1. The Balaban J connectivity index is 1.82. The Bertz CT molecular complexity index is 196. The highest BCUT2D eigenvalue weighted by Gasteiger charge is 2.20. The van der Waals surface area contributed by atoms with Crippen LogP contribution in [0.2, 0.25) is 0 Å². The molecule has 0 radical (unpaired) electrons. The molecule has 20 heavy (non-hydrogen) atoms. The summed E-state index contributed by atoms with van der Waals surface area (Å²) in [6, 6.07) is 0. The van der Waals surface area contributed by atoms with Gasteiger partial charge in [-0.15, -0.1) is 0 Å². The van der Waals surface area contributed by atoms with Crippen molar-refractivity contribution in [2.45, 2.75) is 116 Å². The Labute approximate surface area is 127 Å². The summed E-state index contributed by atoms with van der Waals surface area (Å²) in [5.41, 5.74) is 0. The fourth-order valence-electron chi connectivity index (χ4n) is 3.60. The zero-order valence-electron chi connectivity index (χ0n) is 13.9. The maximum absolute atomic E-state index is 10.2. The lowest BCUT2D eigenvalue weighted by atomic mass is 9.83. The quantitative estimate of drug-likeness (QED) is 0.420. The SMILES string of the molecule is CCCCCCCCCCCCC(O)C1CCCCC1. The maximum atomic E-state index is 10.2. The molecule has 1 heteroatoms. The van der Waals surface area contributed by atoms with Crippen molar-refractivity contribution >= 4 is 0 Å². The van der Waals surface area contributed by atoms with Gasteiger partial charge in [-0.1, -0.05) is 90.4 Å². The summed E-state index contributed by atoms with van der Waals surface area (Å²) in [6.45, 7) is 2.28. The van der Waals surface area contributed by atoms with Gasteiger partial charge in [-0.05, 0) is 25.2 Å². The fourth-order valence-corrected chi connectivity index (χ4v) is 3.60. The number of aliphatic hydroxyl groups is 1. The smallest absolute Gasteiger partial charge is 0.0568 e. The van der Waals surface area contributed by atoms with Crippen molar-refractivity contribution in [1.29, 1.82) is 0 Å². The average Bonchev–Trinajstić information content (AvgIpc) is 2.50. The standard InChI is InChI=1S/C19H38O/c1-2-3-4-5-6-7-8-9-10-14-17-19(20)18-15-12-11-13-16-18/h18-20H,2-17H2,1H3. The van der Waals surface area contributed by atoms with Crippen LogP contribution in [0.15, 0.2) is 0 Å². The predicted molar refractivity (Wildman–Crippen MR) is 89.0 cm³/mol. The number of hydrogen-bond donors (Lipinski definition) is 1. The van der Waals surface area contributed by atoms with Gasteiger partial charge in [0.05, 0.1) is 6.10 Å². The molecule has 1 nitrogen and oxygen atoms in total. The highest BCUT2D eigenvalue weighted by Crippen LogP contribution is 2.28. The van der Waals surface area contributed by atoms with Gasteiger partial charge < -0.3 is 5.11 Å². The molecule has 0 amide bonds. The van der Waals surface area contributed by atoms with Gasteiger partial charge >= 0.3 is 0 Å². The highest BCUT2D eigenvalue weighted by atomic mass is 16.3. The van der Waals surface area contributed by atoms with Crippen molar-refractivity contribution in [3.05, 3.63) is 0 Å². The molecule has 0 heterocycles. The molecule has 1 rings (SSSR count). The molecule has 1 N–H and O–H groups in total. The van der Waals surface area contributed by atoms with Gasteiger partial charge in [0.25, 0.3) is 0 Å². The van der Waals surface area contributed by atoms with Crippen LogP contribution >= 0.6 is 0 Å². The first-order valence-corrected chi connectivity index (χ1v) is 9.52. The van der Waals surface area contributed by atoms with E-state index in [4.69, 9.17) is 0 Å². The van der Waals surface area contributed by atoms with E-state index < -0.39 is 0 Å². The minimum Gasteiger partial charge on any atom is -0.393 e. The Hall–Kier alpha value is -0.0400. The van der Waals surface area contributed by atoms with Crippen LogP contribution in [-0.2, 0) is 0 Å². The first kappa shape index (κ1) is 18.0. The molecule has 0 spiro atoms. The molecule has 120 valence electrons. The van der Waals surface area contributed by atoms with Crippen LogP contribution in [0.1, 0.15) is 110 Å². The van der Waals surface area contributed by atoms with Crippen LogP contribution in [0, 0.1) is 5.92 Å². The monoisotopic (exact) mass is 282 g/mol. The summed E-state index contributed by atoms with van der Waals surface area (Å²) < 4.78 is 0. The predicted octanol–water partition coefficient (Wildman–Crippen LogP) is 6.24. The van der Waals surface area contributed by atoms with Crippen molar-refractivity contribution in [2.75, 3.05) is 0 Å². The van der Waals surface area contributed by atoms with Crippen molar-refractivity contribution < 1.29 is 5.11 Å². The van der Waals surface area contributed by atoms with E-state index in [9.17, 15) is 5.11 Å². The molecule has 1 aliphatic carbocycles. The van der Waals surface area contributed by atoms with Crippen molar-refractivity contribution in [1.82, 2.24) is 0 Å². The zero-order valence-corrected chi connectivity index (χ0v) is 13.9. The molecule has 0 aromatic rings. The van der Waals surface area contributed by atoms with Crippen LogP contribution < -0.4 is 0 Å². The lowest BCUT2D eigenvalue weighted by Crippen LogP contribution is -2.22. The first-order valence-electron chi connectivity index (χ1n) is 9.52. The minimum absolute atomic E-state index is 0.00402. The van der Waals surface area contributed by atoms with Crippen molar-refractivity contribution in [3.63, 3.8) is 0 Å². The van der Waals surface area contributed by atoms with Gasteiger partial charge in [0.2, 0.25) is 0 Å². The van der Waals surface area contributed by atoms with Crippen molar-refractivity contribution in [3.8, 4) is 0 Å². The van der Waals surface area contributed by atoms with Crippen LogP contribution in [0.3, 0.4) is 0 Å². The largest absolute Gasteiger partial charge is 0.393 e. The third kappa shape index (κ3) is 9.00.